The van der Waals surface area contributed by atoms with Crippen LogP contribution in [0.3, 0.4) is 0 Å². The summed E-state index contributed by atoms with van der Waals surface area (Å²) in [5.41, 5.74) is 1.30. The Hall–Kier alpha value is -1.78. The summed E-state index contributed by atoms with van der Waals surface area (Å²) in [5.74, 6) is -0.336. The van der Waals surface area contributed by atoms with Crippen LogP contribution in [0.4, 0.5) is 0 Å². The van der Waals surface area contributed by atoms with E-state index in [1.54, 1.807) is 17.5 Å². The first-order valence-electron chi connectivity index (χ1n) is 11.2. The summed E-state index contributed by atoms with van der Waals surface area (Å²) in [6.07, 6.45) is 1.43. The van der Waals surface area contributed by atoms with Crippen LogP contribution in [-0.2, 0) is 14.8 Å². The number of rotatable bonds is 7. The Bertz CT molecular complexity index is 982. The maximum absolute atomic E-state index is 12.8. The lowest BCUT2D eigenvalue weighted by Crippen LogP contribution is -2.50. The Balaban J connectivity index is 1.31. The van der Waals surface area contributed by atoms with E-state index in [0.29, 0.717) is 29.8 Å². The number of sulfonamides is 1. The minimum absolute atomic E-state index is 0.0403. The Morgan fingerprint density at radius 3 is 2.66 bits per heavy atom. The zero-order chi connectivity index (χ0) is 22.6. The number of nitrogens with one attached hydrogen (secondary N) is 1. The molecule has 9 heteroatoms. The lowest BCUT2D eigenvalue weighted by molar-refractivity contribution is -0.126. The molecule has 3 heterocycles. The van der Waals surface area contributed by atoms with Crippen LogP contribution in [0.15, 0.2) is 52.1 Å². The Kier molecular flexibility index (Phi) is 7.63. The van der Waals surface area contributed by atoms with Gasteiger partial charge in [0.25, 0.3) is 10.0 Å². The second kappa shape index (κ2) is 10.4. The van der Waals surface area contributed by atoms with Gasteiger partial charge >= 0.3 is 0 Å². The predicted octanol–water partition coefficient (Wildman–Crippen LogP) is 2.25. The van der Waals surface area contributed by atoms with Gasteiger partial charge in [-0.1, -0.05) is 36.4 Å². The number of piperidine rings is 1. The molecule has 2 aliphatic heterocycles. The number of benzene rings is 1. The second-order valence-corrected chi connectivity index (χ2v) is 11.8. The van der Waals surface area contributed by atoms with E-state index in [1.807, 2.05) is 6.07 Å². The van der Waals surface area contributed by atoms with Gasteiger partial charge in [-0.25, -0.2) is 8.42 Å². The van der Waals surface area contributed by atoms with E-state index < -0.39 is 10.0 Å². The highest BCUT2D eigenvalue weighted by Crippen LogP contribution is 2.27. The number of amides is 1. The van der Waals surface area contributed by atoms with Gasteiger partial charge in [-0.2, -0.15) is 4.31 Å². The first-order valence-corrected chi connectivity index (χ1v) is 13.6. The van der Waals surface area contributed by atoms with Crippen LogP contribution in [0.25, 0.3) is 0 Å². The molecule has 2 unspecified atom stereocenters. The Morgan fingerprint density at radius 1 is 1.09 bits per heavy atom. The number of hydrogen-bond acceptors (Lipinski definition) is 6. The van der Waals surface area contributed by atoms with Crippen LogP contribution in [-0.4, -0.2) is 81.3 Å². The molecule has 2 fully saturated rings. The molecule has 0 radical (unpaired) electrons. The molecule has 174 valence electrons. The van der Waals surface area contributed by atoms with Crippen LogP contribution in [0.2, 0.25) is 0 Å². The van der Waals surface area contributed by atoms with Crippen molar-refractivity contribution in [3.8, 4) is 0 Å². The zero-order valence-corrected chi connectivity index (χ0v) is 20.2. The lowest BCUT2D eigenvalue weighted by atomic mass is 9.99. The van der Waals surface area contributed by atoms with Gasteiger partial charge < -0.3 is 10.2 Å². The van der Waals surface area contributed by atoms with Crippen LogP contribution in [0, 0.1) is 5.92 Å². The molecule has 32 heavy (non-hydrogen) atoms. The number of likely N-dealkylation sites (N-methyl/N-ethyl adjacent to an activating group) is 1. The molecule has 1 aromatic carbocycles. The standard InChI is InChI=1S/C23H32N4O3S2/c1-25-14-15-26(21(18-25)19-7-3-2-4-8-19)13-11-24-23(28)20-9-5-12-27(17-20)32(29,30)22-10-6-16-31-22/h2-4,6-8,10,16,20-21H,5,9,11-15,17-18H2,1H3,(H,24,28). The highest BCUT2D eigenvalue weighted by atomic mass is 32.2. The van der Waals surface area contributed by atoms with E-state index in [2.05, 4.69) is 46.4 Å². The zero-order valence-electron chi connectivity index (χ0n) is 18.5. The van der Waals surface area contributed by atoms with Crippen molar-refractivity contribution in [2.75, 3.05) is 52.9 Å². The van der Waals surface area contributed by atoms with Crippen molar-refractivity contribution in [2.45, 2.75) is 23.1 Å². The molecule has 2 saturated heterocycles. The van der Waals surface area contributed by atoms with Crippen molar-refractivity contribution in [3.05, 3.63) is 53.4 Å². The molecule has 0 aliphatic carbocycles. The third-order valence-electron chi connectivity index (χ3n) is 6.42. The first kappa shape index (κ1) is 23.4. The molecule has 0 saturated carbocycles. The maximum atomic E-state index is 12.8. The van der Waals surface area contributed by atoms with E-state index in [-0.39, 0.29) is 18.4 Å². The summed E-state index contributed by atoms with van der Waals surface area (Å²) in [6, 6.07) is 14.2. The fraction of sp³-hybridized carbons (Fsp3) is 0.522. The summed E-state index contributed by atoms with van der Waals surface area (Å²) in [7, 11) is -1.36. The average Bonchev–Trinajstić information content (AvgIpc) is 3.36. The van der Waals surface area contributed by atoms with E-state index in [4.69, 9.17) is 0 Å². The van der Waals surface area contributed by atoms with E-state index >= 15 is 0 Å². The molecular weight excluding hydrogens is 444 g/mol. The van der Waals surface area contributed by atoms with Crippen LogP contribution < -0.4 is 5.32 Å². The first-order chi connectivity index (χ1) is 15.4. The number of hydrogen-bond donors (Lipinski definition) is 1. The minimum Gasteiger partial charge on any atom is -0.355 e. The molecule has 1 amide bonds. The van der Waals surface area contributed by atoms with E-state index in [9.17, 15) is 13.2 Å². The topological polar surface area (TPSA) is 73.0 Å². The molecule has 1 N–H and O–H groups in total. The normalized spacial score (nSPS) is 23.8. The van der Waals surface area contributed by atoms with Crippen LogP contribution in [0.1, 0.15) is 24.4 Å². The Morgan fingerprint density at radius 2 is 1.91 bits per heavy atom. The summed E-state index contributed by atoms with van der Waals surface area (Å²) >= 11 is 1.22. The quantitative estimate of drug-likeness (QED) is 0.664. The van der Waals surface area contributed by atoms with Gasteiger partial charge in [0.2, 0.25) is 5.91 Å². The fourth-order valence-corrected chi connectivity index (χ4v) is 7.26. The number of piperazine rings is 1. The molecule has 0 spiro atoms. The third-order valence-corrected chi connectivity index (χ3v) is 9.66. The van der Waals surface area contributed by atoms with Gasteiger partial charge in [0.05, 0.1) is 5.92 Å². The van der Waals surface area contributed by atoms with Gasteiger partial charge in [0.1, 0.15) is 4.21 Å². The highest BCUT2D eigenvalue weighted by Gasteiger charge is 2.34. The summed E-state index contributed by atoms with van der Waals surface area (Å²) < 4.78 is 27.5. The van der Waals surface area contributed by atoms with Crippen molar-refractivity contribution in [1.82, 2.24) is 19.4 Å². The number of nitrogens with zero attached hydrogens (tertiary/aromatic N) is 3. The molecule has 2 aliphatic rings. The monoisotopic (exact) mass is 476 g/mol. The molecule has 1 aromatic heterocycles. The molecule has 2 aromatic rings. The van der Waals surface area contributed by atoms with Crippen molar-refractivity contribution in [3.63, 3.8) is 0 Å². The van der Waals surface area contributed by atoms with E-state index in [0.717, 1.165) is 32.6 Å². The highest BCUT2D eigenvalue weighted by molar-refractivity contribution is 7.91. The lowest BCUT2D eigenvalue weighted by Gasteiger charge is -2.40. The SMILES string of the molecule is CN1CCN(CCNC(=O)C2CCCN(S(=O)(=O)c3cccs3)C2)C(c2ccccc2)C1. The maximum Gasteiger partial charge on any atom is 0.252 e. The Labute approximate surface area is 195 Å². The molecule has 7 nitrogen and oxygen atoms in total. The number of carbonyl (C=O) groups is 1. The van der Waals surface area contributed by atoms with Crippen molar-refractivity contribution >= 4 is 27.3 Å². The van der Waals surface area contributed by atoms with Crippen LogP contribution in [0.5, 0.6) is 0 Å². The second-order valence-electron chi connectivity index (χ2n) is 8.65. The number of thiophene rings is 1. The van der Waals surface area contributed by atoms with Gasteiger partial charge in [0.15, 0.2) is 0 Å². The molecule has 4 rings (SSSR count). The van der Waals surface area contributed by atoms with Gasteiger partial charge in [-0.3, -0.25) is 9.69 Å². The summed E-state index contributed by atoms with van der Waals surface area (Å²) in [6.45, 7) is 5.02. The largest absolute Gasteiger partial charge is 0.355 e. The summed E-state index contributed by atoms with van der Waals surface area (Å²) in [4.78, 5) is 17.6. The number of carbonyl (C=O) groups excluding carboxylic acids is 1. The third kappa shape index (κ3) is 5.40. The molecule has 0 bridgehead atoms. The van der Waals surface area contributed by atoms with Gasteiger partial charge in [0, 0.05) is 51.9 Å². The summed E-state index contributed by atoms with van der Waals surface area (Å²) in [5, 5.41) is 4.84. The minimum atomic E-state index is -3.51. The predicted molar refractivity (Wildman–Crippen MR) is 127 cm³/mol. The molecular formula is C23H32N4O3S2. The van der Waals surface area contributed by atoms with Crippen molar-refractivity contribution in [1.29, 1.82) is 0 Å². The van der Waals surface area contributed by atoms with Gasteiger partial charge in [-0.15, -0.1) is 11.3 Å². The van der Waals surface area contributed by atoms with Gasteiger partial charge in [-0.05, 0) is 36.9 Å². The molecule has 2 atom stereocenters. The van der Waals surface area contributed by atoms with Crippen molar-refractivity contribution < 1.29 is 13.2 Å². The average molecular weight is 477 g/mol. The van der Waals surface area contributed by atoms with Crippen molar-refractivity contribution in [2.24, 2.45) is 5.92 Å². The van der Waals surface area contributed by atoms with E-state index in [1.165, 1.54) is 21.2 Å². The fourth-order valence-electron chi connectivity index (χ4n) is 4.60. The smallest absolute Gasteiger partial charge is 0.252 e. The van der Waals surface area contributed by atoms with Crippen LogP contribution >= 0.6 is 11.3 Å².